The van der Waals surface area contributed by atoms with Crippen LogP contribution in [0.4, 0.5) is 30.7 Å². The van der Waals surface area contributed by atoms with Gasteiger partial charge in [0.15, 0.2) is 11.5 Å². The maximum Gasteiger partial charge on any atom is 0.421 e. The number of aromatic nitrogens is 1. The minimum absolute atomic E-state index is 0.111. The molecule has 1 aliphatic heterocycles. The van der Waals surface area contributed by atoms with Gasteiger partial charge in [0.05, 0.1) is 0 Å². The molecular formula is C14H6F7NO3. The van der Waals surface area contributed by atoms with Crippen LogP contribution >= 0.6 is 0 Å². The molecule has 2 heterocycles. The van der Waals surface area contributed by atoms with Crippen LogP contribution in [0.1, 0.15) is 11.1 Å². The van der Waals surface area contributed by atoms with Crippen molar-refractivity contribution in [2.75, 3.05) is 6.79 Å². The van der Waals surface area contributed by atoms with Crippen molar-refractivity contribution < 1.29 is 44.9 Å². The topological polar surface area (TPSA) is 40.6 Å². The molecule has 0 atom stereocenters. The average molecular weight is 369 g/mol. The van der Waals surface area contributed by atoms with Crippen molar-refractivity contribution in [1.29, 1.82) is 0 Å². The molecule has 0 bridgehead atoms. The molecule has 134 valence electrons. The molecular weight excluding hydrogens is 363 g/mol. The number of halogens is 7. The second-order valence-corrected chi connectivity index (χ2v) is 4.79. The Bertz CT molecular complexity index is 817. The molecule has 3 rings (SSSR count). The third kappa shape index (κ3) is 3.39. The molecule has 0 unspecified atom stereocenters. The number of nitrogens with zero attached hydrogens (tertiary/aromatic N) is 1. The van der Waals surface area contributed by atoms with Gasteiger partial charge in [-0.2, -0.15) is 35.7 Å². The number of alkyl halides is 6. The third-order valence-corrected chi connectivity index (χ3v) is 3.11. The van der Waals surface area contributed by atoms with Gasteiger partial charge in [0.1, 0.15) is 16.9 Å². The molecule has 0 fully saturated rings. The monoisotopic (exact) mass is 369 g/mol. The Morgan fingerprint density at radius 2 is 1.52 bits per heavy atom. The zero-order chi connectivity index (χ0) is 18.4. The molecule has 11 heteroatoms. The number of pyridine rings is 1. The summed E-state index contributed by atoms with van der Waals surface area (Å²) in [6.07, 6.45) is -10.6. The SMILES string of the molecule is Fc1nc(Oc2ccc3c(c2)OCO3)c(C(F)(F)F)cc1C(F)(F)F. The Kier molecular flexibility index (Phi) is 3.88. The normalized spacial score (nSPS) is 13.9. The number of hydrogen-bond acceptors (Lipinski definition) is 4. The summed E-state index contributed by atoms with van der Waals surface area (Å²) in [7, 11) is 0. The van der Waals surface area contributed by atoms with Crippen LogP contribution in [0.3, 0.4) is 0 Å². The highest BCUT2D eigenvalue weighted by Crippen LogP contribution is 2.42. The number of rotatable bonds is 2. The highest BCUT2D eigenvalue weighted by Gasteiger charge is 2.42. The van der Waals surface area contributed by atoms with Gasteiger partial charge in [-0.15, -0.1) is 0 Å². The molecule has 0 saturated heterocycles. The lowest BCUT2D eigenvalue weighted by Gasteiger charge is -2.16. The van der Waals surface area contributed by atoms with E-state index in [0.29, 0.717) is 5.75 Å². The lowest BCUT2D eigenvalue weighted by atomic mass is 10.1. The number of ether oxygens (including phenoxy) is 3. The summed E-state index contributed by atoms with van der Waals surface area (Å²) in [5.41, 5.74) is -4.00. The maximum absolute atomic E-state index is 13.5. The Labute approximate surface area is 134 Å². The van der Waals surface area contributed by atoms with Crippen molar-refractivity contribution in [1.82, 2.24) is 4.98 Å². The van der Waals surface area contributed by atoms with Crippen molar-refractivity contribution in [2.45, 2.75) is 12.4 Å². The van der Waals surface area contributed by atoms with Crippen LogP contribution in [0.25, 0.3) is 0 Å². The van der Waals surface area contributed by atoms with Crippen LogP contribution in [-0.2, 0) is 12.4 Å². The first-order valence-corrected chi connectivity index (χ1v) is 6.48. The second kappa shape index (κ2) is 5.67. The fourth-order valence-electron chi connectivity index (χ4n) is 2.01. The van der Waals surface area contributed by atoms with Gasteiger partial charge >= 0.3 is 12.4 Å². The van der Waals surface area contributed by atoms with Gasteiger partial charge in [-0.3, -0.25) is 0 Å². The summed E-state index contributed by atoms with van der Waals surface area (Å²) in [5, 5.41) is 0. The van der Waals surface area contributed by atoms with Crippen LogP contribution in [0.2, 0.25) is 0 Å². The largest absolute Gasteiger partial charge is 0.454 e. The van der Waals surface area contributed by atoms with Gasteiger partial charge in [0, 0.05) is 6.07 Å². The molecule has 1 aromatic carbocycles. The minimum atomic E-state index is -5.34. The van der Waals surface area contributed by atoms with Gasteiger partial charge in [0.25, 0.3) is 0 Å². The van der Waals surface area contributed by atoms with Gasteiger partial charge in [-0.05, 0) is 18.2 Å². The van der Waals surface area contributed by atoms with Crippen LogP contribution < -0.4 is 14.2 Å². The molecule has 1 aliphatic rings. The molecule has 0 radical (unpaired) electrons. The van der Waals surface area contributed by atoms with E-state index in [1.165, 1.54) is 12.1 Å². The van der Waals surface area contributed by atoms with E-state index in [9.17, 15) is 30.7 Å². The van der Waals surface area contributed by atoms with Gasteiger partial charge in [-0.25, -0.2) is 0 Å². The summed E-state index contributed by atoms with van der Waals surface area (Å²) in [5.74, 6) is -3.28. The van der Waals surface area contributed by atoms with Crippen LogP contribution in [0.5, 0.6) is 23.1 Å². The summed E-state index contributed by atoms with van der Waals surface area (Å²) >= 11 is 0. The highest BCUT2D eigenvalue weighted by molar-refractivity contribution is 5.48. The Hall–Kier alpha value is -2.72. The Morgan fingerprint density at radius 1 is 0.880 bits per heavy atom. The molecule has 2 aromatic rings. The zero-order valence-corrected chi connectivity index (χ0v) is 11.8. The highest BCUT2D eigenvalue weighted by atomic mass is 19.4. The minimum Gasteiger partial charge on any atom is -0.454 e. The molecule has 25 heavy (non-hydrogen) atoms. The molecule has 1 aromatic heterocycles. The molecule has 4 nitrogen and oxygen atoms in total. The molecule has 0 amide bonds. The lowest BCUT2D eigenvalue weighted by Crippen LogP contribution is -2.16. The van der Waals surface area contributed by atoms with Crippen LogP contribution in [0, 0.1) is 5.95 Å². The van der Waals surface area contributed by atoms with Crippen LogP contribution in [0.15, 0.2) is 24.3 Å². The predicted octanol–water partition coefficient (Wildman–Crippen LogP) is 4.78. The van der Waals surface area contributed by atoms with Crippen molar-refractivity contribution in [3.05, 3.63) is 41.3 Å². The van der Waals surface area contributed by atoms with E-state index in [4.69, 9.17) is 14.2 Å². The average Bonchev–Trinajstić information content (AvgIpc) is 2.92. The number of fused-ring (bicyclic) bond motifs is 1. The molecule has 0 saturated carbocycles. The first-order chi connectivity index (χ1) is 11.6. The van der Waals surface area contributed by atoms with E-state index < -0.39 is 35.3 Å². The summed E-state index contributed by atoms with van der Waals surface area (Å²) in [6.45, 7) is -0.111. The Morgan fingerprint density at radius 3 is 2.16 bits per heavy atom. The van der Waals surface area contributed by atoms with Crippen LogP contribution in [-0.4, -0.2) is 11.8 Å². The predicted molar refractivity (Wildman–Crippen MR) is 66.8 cm³/mol. The third-order valence-electron chi connectivity index (χ3n) is 3.11. The maximum atomic E-state index is 13.5. The van der Waals surface area contributed by atoms with E-state index in [0.717, 1.165) is 6.07 Å². The van der Waals surface area contributed by atoms with Crippen molar-refractivity contribution in [3.63, 3.8) is 0 Å². The number of benzene rings is 1. The second-order valence-electron chi connectivity index (χ2n) is 4.79. The molecule has 0 spiro atoms. The molecule has 0 N–H and O–H groups in total. The quantitative estimate of drug-likeness (QED) is 0.564. The molecule has 0 aliphatic carbocycles. The van der Waals surface area contributed by atoms with E-state index in [1.54, 1.807) is 0 Å². The lowest BCUT2D eigenvalue weighted by molar-refractivity contribution is -0.145. The standard InChI is InChI=1S/C14H6F7NO3/c15-11-7(13(16,17)18)4-8(14(19,20)21)12(22-11)25-6-1-2-9-10(3-6)24-5-23-9/h1-4H,5H2. The van der Waals surface area contributed by atoms with E-state index in [1.807, 2.05) is 0 Å². The van der Waals surface area contributed by atoms with Gasteiger partial charge < -0.3 is 14.2 Å². The summed E-state index contributed by atoms with van der Waals surface area (Å²) in [4.78, 5) is 2.69. The summed E-state index contributed by atoms with van der Waals surface area (Å²) in [6, 6.07) is 3.24. The zero-order valence-electron chi connectivity index (χ0n) is 11.8. The fourth-order valence-corrected chi connectivity index (χ4v) is 2.01. The summed E-state index contributed by atoms with van der Waals surface area (Å²) < 4.78 is 105. The van der Waals surface area contributed by atoms with Crippen molar-refractivity contribution in [3.8, 4) is 23.1 Å². The first kappa shape index (κ1) is 17.1. The smallest absolute Gasteiger partial charge is 0.421 e. The van der Waals surface area contributed by atoms with Gasteiger partial charge in [0.2, 0.25) is 18.6 Å². The van der Waals surface area contributed by atoms with Gasteiger partial charge in [-0.1, -0.05) is 0 Å². The number of hydrogen-bond donors (Lipinski definition) is 0. The fraction of sp³-hybridized carbons (Fsp3) is 0.214. The van der Waals surface area contributed by atoms with Crippen molar-refractivity contribution >= 4 is 0 Å². The Balaban J connectivity index is 2.04. The van der Waals surface area contributed by atoms with E-state index in [-0.39, 0.29) is 24.4 Å². The first-order valence-electron chi connectivity index (χ1n) is 6.48. The van der Waals surface area contributed by atoms with E-state index in [2.05, 4.69) is 4.98 Å². The van der Waals surface area contributed by atoms with Crippen molar-refractivity contribution in [2.24, 2.45) is 0 Å². The van der Waals surface area contributed by atoms with E-state index >= 15 is 0 Å².